The molecule has 0 saturated heterocycles. The van der Waals surface area contributed by atoms with Gasteiger partial charge in [-0.25, -0.2) is 4.98 Å². The smallest absolute Gasteiger partial charge is 0.258 e. The van der Waals surface area contributed by atoms with Crippen molar-refractivity contribution in [3.8, 4) is 0 Å². The number of hydrogen-bond acceptors (Lipinski definition) is 4. The van der Waals surface area contributed by atoms with Crippen LogP contribution in [0.4, 0.5) is 0 Å². The summed E-state index contributed by atoms with van der Waals surface area (Å²) in [5.74, 6) is 0.438. The van der Waals surface area contributed by atoms with E-state index in [2.05, 4.69) is 9.97 Å². The predicted molar refractivity (Wildman–Crippen MR) is 116 cm³/mol. The first-order chi connectivity index (χ1) is 14.1. The molecule has 0 unspecified atom stereocenters. The molecule has 1 heterocycles. The lowest BCUT2D eigenvalue weighted by Gasteiger charge is -2.29. The summed E-state index contributed by atoms with van der Waals surface area (Å²) >= 11 is 0. The van der Waals surface area contributed by atoms with Crippen LogP contribution in [-0.2, 0) is 0 Å². The fourth-order valence-corrected chi connectivity index (χ4v) is 3.45. The molecule has 0 aliphatic heterocycles. The second-order valence-corrected chi connectivity index (χ2v) is 7.21. The summed E-state index contributed by atoms with van der Waals surface area (Å²) in [4.78, 5) is 35.0. The van der Waals surface area contributed by atoms with Crippen molar-refractivity contribution in [1.82, 2.24) is 14.9 Å². The Hall–Kier alpha value is -2.99. The molecule has 1 aromatic heterocycles. The van der Waals surface area contributed by atoms with Gasteiger partial charge in [0.05, 0.1) is 16.9 Å². The Morgan fingerprint density at radius 1 is 1.03 bits per heavy atom. The van der Waals surface area contributed by atoms with Gasteiger partial charge >= 0.3 is 0 Å². The van der Waals surface area contributed by atoms with Gasteiger partial charge in [-0.05, 0) is 50.6 Å². The summed E-state index contributed by atoms with van der Waals surface area (Å²) in [5, 5.41) is 0.547. The van der Waals surface area contributed by atoms with Crippen LogP contribution < -0.4 is 11.3 Å². The fourth-order valence-electron chi connectivity index (χ4n) is 3.45. The number of benzene rings is 2. The van der Waals surface area contributed by atoms with Crippen LogP contribution >= 0.6 is 0 Å². The number of aromatic nitrogens is 2. The predicted octanol–water partition coefficient (Wildman–Crippen LogP) is 3.65. The highest BCUT2D eigenvalue weighted by Gasteiger charge is 2.24. The molecule has 0 aliphatic rings. The summed E-state index contributed by atoms with van der Waals surface area (Å²) in [6.07, 6.45) is 3.91. The molecule has 2 aromatic carbocycles. The average Bonchev–Trinajstić information content (AvgIpc) is 2.76. The molecule has 3 rings (SSSR count). The van der Waals surface area contributed by atoms with Gasteiger partial charge in [0.2, 0.25) is 0 Å². The van der Waals surface area contributed by atoms with Crippen LogP contribution in [-0.4, -0.2) is 33.9 Å². The van der Waals surface area contributed by atoms with Crippen molar-refractivity contribution in [2.24, 2.45) is 5.73 Å². The van der Waals surface area contributed by atoms with Crippen LogP contribution in [0.2, 0.25) is 0 Å². The third-order valence-electron chi connectivity index (χ3n) is 5.13. The van der Waals surface area contributed by atoms with E-state index in [0.717, 1.165) is 25.7 Å². The highest BCUT2D eigenvalue weighted by molar-refractivity contribution is 5.94. The van der Waals surface area contributed by atoms with E-state index in [1.807, 2.05) is 55.5 Å². The highest BCUT2D eigenvalue weighted by atomic mass is 16.2. The number of rotatable bonds is 9. The first-order valence-corrected chi connectivity index (χ1v) is 10.2. The van der Waals surface area contributed by atoms with Gasteiger partial charge in [-0.15, -0.1) is 0 Å². The molecule has 1 atom stereocenters. The number of nitrogens with zero attached hydrogens (tertiary/aromatic N) is 2. The van der Waals surface area contributed by atoms with Gasteiger partial charge < -0.3 is 15.6 Å². The minimum absolute atomic E-state index is 0.0623. The lowest BCUT2D eigenvalue weighted by atomic mass is 10.1. The molecule has 6 heteroatoms. The molecule has 3 aromatic rings. The normalized spacial score (nSPS) is 12.1. The number of aromatic amines is 1. The van der Waals surface area contributed by atoms with Gasteiger partial charge in [0, 0.05) is 12.1 Å². The number of H-pyrrole nitrogens is 1. The summed E-state index contributed by atoms with van der Waals surface area (Å²) in [5.41, 5.74) is 6.65. The number of amides is 1. The number of nitrogens with one attached hydrogen (secondary N) is 1. The highest BCUT2D eigenvalue weighted by Crippen LogP contribution is 2.21. The molecule has 0 radical (unpaired) electrons. The molecule has 0 saturated carbocycles. The Labute approximate surface area is 170 Å². The van der Waals surface area contributed by atoms with E-state index in [1.54, 1.807) is 11.0 Å². The number of unbranched alkanes of at least 4 members (excludes halogenated alkanes) is 3. The van der Waals surface area contributed by atoms with Crippen LogP contribution in [0.5, 0.6) is 0 Å². The molecule has 3 N–H and O–H groups in total. The first kappa shape index (κ1) is 20.7. The average molecular weight is 393 g/mol. The van der Waals surface area contributed by atoms with Crippen LogP contribution in [0.15, 0.2) is 59.4 Å². The second-order valence-electron chi connectivity index (χ2n) is 7.21. The van der Waals surface area contributed by atoms with E-state index in [4.69, 9.17) is 5.73 Å². The number of nitrogens with two attached hydrogens (primary N) is 1. The van der Waals surface area contributed by atoms with Crippen molar-refractivity contribution in [2.45, 2.75) is 38.6 Å². The van der Waals surface area contributed by atoms with Crippen LogP contribution in [0.3, 0.4) is 0 Å². The van der Waals surface area contributed by atoms with Gasteiger partial charge in [-0.1, -0.05) is 43.2 Å². The Kier molecular flexibility index (Phi) is 7.14. The zero-order chi connectivity index (χ0) is 20.6. The van der Waals surface area contributed by atoms with E-state index in [0.29, 0.717) is 35.4 Å². The molecule has 0 fully saturated rings. The van der Waals surface area contributed by atoms with E-state index >= 15 is 0 Å². The summed E-state index contributed by atoms with van der Waals surface area (Å²) in [6, 6.07) is 16.1. The standard InChI is InChI=1S/C23H28N4O2/c1-17(21-25-20-14-8-7-13-19(20)22(28)26-21)27(16-10-3-2-9-15-24)23(29)18-11-5-4-6-12-18/h4-8,11-14,17H,2-3,9-10,15-16,24H2,1H3,(H,25,26,28)/t17-/m0/s1. The number of para-hydroxylation sites is 1. The minimum Gasteiger partial charge on any atom is -0.330 e. The maximum atomic E-state index is 13.2. The van der Waals surface area contributed by atoms with Gasteiger partial charge in [-0.2, -0.15) is 0 Å². The number of fused-ring (bicyclic) bond motifs is 1. The molecule has 29 heavy (non-hydrogen) atoms. The number of carbonyl (C=O) groups is 1. The van der Waals surface area contributed by atoms with E-state index in [1.165, 1.54) is 0 Å². The maximum absolute atomic E-state index is 13.2. The lowest BCUT2D eigenvalue weighted by molar-refractivity contribution is 0.0679. The van der Waals surface area contributed by atoms with Crippen molar-refractivity contribution in [3.63, 3.8) is 0 Å². The summed E-state index contributed by atoms with van der Waals surface area (Å²) in [7, 11) is 0. The van der Waals surface area contributed by atoms with Crippen molar-refractivity contribution in [2.75, 3.05) is 13.1 Å². The maximum Gasteiger partial charge on any atom is 0.258 e. The Balaban J connectivity index is 1.88. The van der Waals surface area contributed by atoms with E-state index in [9.17, 15) is 9.59 Å². The minimum atomic E-state index is -0.352. The topological polar surface area (TPSA) is 92.1 Å². The Bertz CT molecular complexity index is 1000. The van der Waals surface area contributed by atoms with Gasteiger partial charge in [0.1, 0.15) is 5.82 Å². The van der Waals surface area contributed by atoms with Crippen molar-refractivity contribution in [1.29, 1.82) is 0 Å². The lowest BCUT2D eigenvalue weighted by Crippen LogP contribution is -2.36. The van der Waals surface area contributed by atoms with Crippen molar-refractivity contribution < 1.29 is 4.79 Å². The van der Waals surface area contributed by atoms with Gasteiger partial charge in [0.25, 0.3) is 11.5 Å². The van der Waals surface area contributed by atoms with Crippen molar-refractivity contribution in [3.05, 3.63) is 76.3 Å². The molecule has 0 bridgehead atoms. The largest absolute Gasteiger partial charge is 0.330 e. The Morgan fingerprint density at radius 3 is 2.48 bits per heavy atom. The molecule has 0 spiro atoms. The first-order valence-electron chi connectivity index (χ1n) is 10.2. The third kappa shape index (κ3) is 5.09. The van der Waals surface area contributed by atoms with Crippen molar-refractivity contribution >= 4 is 16.8 Å². The summed E-state index contributed by atoms with van der Waals surface area (Å²) in [6.45, 7) is 3.19. The summed E-state index contributed by atoms with van der Waals surface area (Å²) < 4.78 is 0. The molecular formula is C23H28N4O2. The molecule has 152 valence electrons. The third-order valence-corrected chi connectivity index (χ3v) is 5.13. The van der Waals surface area contributed by atoms with Crippen LogP contribution in [0.25, 0.3) is 10.9 Å². The monoisotopic (exact) mass is 392 g/mol. The van der Waals surface area contributed by atoms with Crippen LogP contribution in [0.1, 0.15) is 54.8 Å². The zero-order valence-electron chi connectivity index (χ0n) is 16.8. The van der Waals surface area contributed by atoms with E-state index < -0.39 is 0 Å². The number of hydrogen-bond donors (Lipinski definition) is 2. The van der Waals surface area contributed by atoms with E-state index in [-0.39, 0.29) is 17.5 Å². The fraction of sp³-hybridized carbons (Fsp3) is 0.348. The van der Waals surface area contributed by atoms with Gasteiger partial charge in [0.15, 0.2) is 0 Å². The second kappa shape index (κ2) is 9.98. The van der Waals surface area contributed by atoms with Crippen LogP contribution in [0, 0.1) is 0 Å². The number of carbonyl (C=O) groups excluding carboxylic acids is 1. The molecular weight excluding hydrogens is 364 g/mol. The molecule has 1 amide bonds. The quantitative estimate of drug-likeness (QED) is 0.544. The Morgan fingerprint density at radius 2 is 1.72 bits per heavy atom. The molecule has 0 aliphatic carbocycles. The zero-order valence-corrected chi connectivity index (χ0v) is 16.8. The SMILES string of the molecule is C[C@@H](c1nc2ccccc2c(=O)[nH]1)N(CCCCCCN)C(=O)c1ccccc1. The van der Waals surface area contributed by atoms with Gasteiger partial charge in [-0.3, -0.25) is 9.59 Å². The molecule has 6 nitrogen and oxygen atoms in total.